The second-order valence-electron chi connectivity index (χ2n) is 6.50. The number of hydrogen-bond acceptors (Lipinski definition) is 5. The number of nitrogens with zero attached hydrogens (tertiary/aromatic N) is 3. The zero-order valence-electron chi connectivity index (χ0n) is 14.2. The molecular weight excluding hydrogens is 306 g/mol. The number of likely N-dealkylation sites (tertiary alicyclic amines) is 1. The molecule has 128 valence electrons. The predicted molar refractivity (Wildman–Crippen MR) is 90.8 cm³/mol. The highest BCUT2D eigenvalue weighted by molar-refractivity contribution is 5.89. The van der Waals surface area contributed by atoms with Gasteiger partial charge in [-0.3, -0.25) is 4.90 Å². The summed E-state index contributed by atoms with van der Waals surface area (Å²) in [5.41, 5.74) is 0.774. The van der Waals surface area contributed by atoms with Crippen molar-refractivity contribution in [3.63, 3.8) is 0 Å². The molecule has 0 bridgehead atoms. The van der Waals surface area contributed by atoms with Gasteiger partial charge in [-0.25, -0.2) is 4.79 Å². The van der Waals surface area contributed by atoms with Crippen LogP contribution in [-0.2, 0) is 0 Å². The van der Waals surface area contributed by atoms with Crippen molar-refractivity contribution in [1.82, 2.24) is 20.4 Å². The minimum absolute atomic E-state index is 0.0343. The van der Waals surface area contributed by atoms with Crippen LogP contribution in [0, 0.1) is 0 Å². The molecule has 2 heterocycles. The number of carbonyl (C=O) groups is 1. The van der Waals surface area contributed by atoms with Crippen LogP contribution in [0.4, 0.5) is 10.5 Å². The van der Waals surface area contributed by atoms with E-state index in [9.17, 15) is 4.79 Å². The summed E-state index contributed by atoms with van der Waals surface area (Å²) < 4.78 is 5.40. The lowest BCUT2D eigenvalue weighted by molar-refractivity contribution is 0.243. The number of rotatable bonds is 4. The van der Waals surface area contributed by atoms with E-state index in [1.165, 1.54) is 0 Å². The first kappa shape index (κ1) is 16.4. The fraction of sp³-hybridized carbons (Fsp3) is 0.471. The van der Waals surface area contributed by atoms with Gasteiger partial charge in [-0.2, -0.15) is 4.98 Å². The van der Waals surface area contributed by atoms with Crippen LogP contribution in [0.3, 0.4) is 0 Å². The quantitative estimate of drug-likeness (QED) is 0.901. The van der Waals surface area contributed by atoms with E-state index in [-0.39, 0.29) is 24.0 Å². The van der Waals surface area contributed by atoms with Crippen LogP contribution in [0.15, 0.2) is 34.9 Å². The summed E-state index contributed by atoms with van der Waals surface area (Å²) in [4.78, 5) is 18.7. The van der Waals surface area contributed by atoms with Crippen molar-refractivity contribution in [3.8, 4) is 0 Å². The Bertz CT molecular complexity index is 685. The van der Waals surface area contributed by atoms with Gasteiger partial charge in [-0.05, 0) is 25.6 Å². The second-order valence-corrected chi connectivity index (χ2v) is 6.50. The molecule has 7 heteroatoms. The summed E-state index contributed by atoms with van der Waals surface area (Å²) in [5, 5.41) is 9.87. The molecule has 7 nitrogen and oxygen atoms in total. The van der Waals surface area contributed by atoms with Crippen molar-refractivity contribution in [2.24, 2.45) is 0 Å². The summed E-state index contributed by atoms with van der Waals surface area (Å²) in [6, 6.07) is 9.27. The van der Waals surface area contributed by atoms with Crippen molar-refractivity contribution >= 4 is 11.7 Å². The molecule has 2 atom stereocenters. The van der Waals surface area contributed by atoms with Gasteiger partial charge in [0.05, 0.1) is 6.04 Å². The van der Waals surface area contributed by atoms with Gasteiger partial charge in [0.15, 0.2) is 5.82 Å². The monoisotopic (exact) mass is 329 g/mol. The Morgan fingerprint density at radius 3 is 2.75 bits per heavy atom. The number of urea groups is 1. The van der Waals surface area contributed by atoms with E-state index >= 15 is 0 Å². The molecule has 2 amide bonds. The molecule has 1 aliphatic rings. The normalized spacial score (nSPS) is 21.2. The van der Waals surface area contributed by atoms with E-state index in [1.807, 2.05) is 51.2 Å². The first-order chi connectivity index (χ1) is 11.5. The van der Waals surface area contributed by atoms with Crippen LogP contribution in [-0.4, -0.2) is 40.7 Å². The molecular formula is C17H23N5O2. The SMILES string of the molecule is CC(C)c1noc(C2CC(NC(=O)Nc3ccccc3)CN2C)n1. The standard InChI is InChI=1S/C17H23N5O2/c1-11(2)15-20-16(24-21-15)14-9-13(10-22(14)3)19-17(23)18-12-7-5-4-6-8-12/h4-8,11,13-14H,9-10H2,1-3H3,(H2,18,19,23). The van der Waals surface area contributed by atoms with Crippen LogP contribution < -0.4 is 10.6 Å². The third-order valence-electron chi connectivity index (χ3n) is 4.17. The molecule has 0 radical (unpaired) electrons. The van der Waals surface area contributed by atoms with Crippen LogP contribution in [0.5, 0.6) is 0 Å². The van der Waals surface area contributed by atoms with Gasteiger partial charge in [-0.15, -0.1) is 0 Å². The van der Waals surface area contributed by atoms with Crippen molar-refractivity contribution in [2.75, 3.05) is 18.9 Å². The lowest BCUT2D eigenvalue weighted by atomic mass is 10.1. The molecule has 1 aromatic heterocycles. The molecule has 0 spiro atoms. The number of para-hydroxylation sites is 1. The van der Waals surface area contributed by atoms with E-state index in [4.69, 9.17) is 4.52 Å². The molecule has 3 rings (SSSR count). The minimum atomic E-state index is -0.200. The van der Waals surface area contributed by atoms with E-state index in [0.29, 0.717) is 5.89 Å². The summed E-state index contributed by atoms with van der Waals surface area (Å²) >= 11 is 0. The van der Waals surface area contributed by atoms with Crippen LogP contribution in [0.2, 0.25) is 0 Å². The van der Waals surface area contributed by atoms with Gasteiger partial charge in [0.1, 0.15) is 0 Å². The molecule has 2 unspecified atom stereocenters. The zero-order valence-corrected chi connectivity index (χ0v) is 14.2. The number of carbonyl (C=O) groups excluding carboxylic acids is 1. The van der Waals surface area contributed by atoms with Gasteiger partial charge >= 0.3 is 6.03 Å². The Kier molecular flexibility index (Phi) is 4.80. The zero-order chi connectivity index (χ0) is 17.1. The lowest BCUT2D eigenvalue weighted by Gasteiger charge is -2.14. The summed E-state index contributed by atoms with van der Waals surface area (Å²) in [7, 11) is 2.00. The minimum Gasteiger partial charge on any atom is -0.338 e. The van der Waals surface area contributed by atoms with E-state index in [2.05, 4.69) is 25.7 Å². The first-order valence-corrected chi connectivity index (χ1v) is 8.19. The summed E-state index contributed by atoms with van der Waals surface area (Å²) in [5.74, 6) is 1.57. The molecule has 1 aliphatic heterocycles. The lowest BCUT2D eigenvalue weighted by Crippen LogP contribution is -2.39. The molecule has 0 saturated carbocycles. The fourth-order valence-corrected chi connectivity index (χ4v) is 2.88. The Labute approximate surface area is 141 Å². The Morgan fingerprint density at radius 1 is 1.33 bits per heavy atom. The van der Waals surface area contributed by atoms with Crippen LogP contribution in [0.1, 0.15) is 43.9 Å². The fourth-order valence-electron chi connectivity index (χ4n) is 2.88. The maximum absolute atomic E-state index is 12.1. The Balaban J connectivity index is 1.58. The number of anilines is 1. The topological polar surface area (TPSA) is 83.3 Å². The number of hydrogen-bond donors (Lipinski definition) is 2. The van der Waals surface area contributed by atoms with Crippen molar-refractivity contribution in [1.29, 1.82) is 0 Å². The highest BCUT2D eigenvalue weighted by atomic mass is 16.5. The Morgan fingerprint density at radius 2 is 2.08 bits per heavy atom. The van der Waals surface area contributed by atoms with Gasteiger partial charge in [0.25, 0.3) is 0 Å². The number of aromatic nitrogens is 2. The van der Waals surface area contributed by atoms with Gasteiger partial charge < -0.3 is 15.2 Å². The molecule has 1 aromatic carbocycles. The summed E-state index contributed by atoms with van der Waals surface area (Å²) in [6.07, 6.45) is 0.748. The third-order valence-corrected chi connectivity index (χ3v) is 4.17. The van der Waals surface area contributed by atoms with E-state index < -0.39 is 0 Å². The van der Waals surface area contributed by atoms with Crippen molar-refractivity contribution < 1.29 is 9.32 Å². The summed E-state index contributed by atoms with van der Waals surface area (Å²) in [6.45, 7) is 4.81. The largest absolute Gasteiger partial charge is 0.338 e. The molecule has 2 aromatic rings. The van der Waals surface area contributed by atoms with Gasteiger partial charge in [-0.1, -0.05) is 37.2 Å². The Hall–Kier alpha value is -2.41. The maximum atomic E-state index is 12.1. The van der Waals surface area contributed by atoms with Crippen molar-refractivity contribution in [2.45, 2.75) is 38.3 Å². The predicted octanol–water partition coefficient (Wildman–Crippen LogP) is 2.76. The number of nitrogens with one attached hydrogen (secondary N) is 2. The average Bonchev–Trinajstić information content (AvgIpc) is 3.15. The average molecular weight is 329 g/mol. The van der Waals surface area contributed by atoms with Crippen molar-refractivity contribution in [3.05, 3.63) is 42.0 Å². The first-order valence-electron chi connectivity index (χ1n) is 8.19. The van der Waals surface area contributed by atoms with E-state index in [0.717, 1.165) is 24.5 Å². The van der Waals surface area contributed by atoms with Gasteiger partial charge in [0.2, 0.25) is 5.89 Å². The number of benzene rings is 1. The molecule has 0 aliphatic carbocycles. The molecule has 1 saturated heterocycles. The van der Waals surface area contributed by atoms with Crippen LogP contribution >= 0.6 is 0 Å². The third kappa shape index (κ3) is 3.73. The van der Waals surface area contributed by atoms with Gasteiger partial charge in [0, 0.05) is 24.2 Å². The second kappa shape index (κ2) is 7.00. The van der Waals surface area contributed by atoms with Crippen LogP contribution in [0.25, 0.3) is 0 Å². The number of likely N-dealkylation sites (N-methyl/N-ethyl adjacent to an activating group) is 1. The highest BCUT2D eigenvalue weighted by Crippen LogP contribution is 2.30. The maximum Gasteiger partial charge on any atom is 0.319 e. The highest BCUT2D eigenvalue weighted by Gasteiger charge is 2.35. The number of amides is 2. The van der Waals surface area contributed by atoms with E-state index in [1.54, 1.807) is 0 Å². The molecule has 1 fully saturated rings. The molecule has 2 N–H and O–H groups in total. The molecule has 24 heavy (non-hydrogen) atoms. The smallest absolute Gasteiger partial charge is 0.319 e.